The van der Waals surface area contributed by atoms with Crippen LogP contribution in [-0.4, -0.2) is 9.97 Å². The van der Waals surface area contributed by atoms with Gasteiger partial charge in [-0.25, -0.2) is 9.59 Å². The average Bonchev–Trinajstić information content (AvgIpc) is 2.33. The summed E-state index contributed by atoms with van der Waals surface area (Å²) in [6, 6.07) is 1.30. The highest BCUT2D eigenvalue weighted by molar-refractivity contribution is 5.75. The molecule has 0 saturated carbocycles. The molecule has 0 fully saturated rings. The van der Waals surface area contributed by atoms with Crippen LogP contribution in [0.25, 0.3) is 11.1 Å². The fourth-order valence-electron chi connectivity index (χ4n) is 1.98. The smallest absolute Gasteiger partial charge is 0.337 e. The van der Waals surface area contributed by atoms with E-state index in [1.165, 1.54) is 6.07 Å². The van der Waals surface area contributed by atoms with Gasteiger partial charge in [-0.2, -0.15) is 0 Å². The fraction of sp³-hybridized carbons (Fsp3) is 0.308. The Morgan fingerprint density at radius 2 is 2.00 bits per heavy atom. The van der Waals surface area contributed by atoms with E-state index in [1.54, 1.807) is 0 Å². The van der Waals surface area contributed by atoms with Crippen molar-refractivity contribution in [2.45, 2.75) is 25.7 Å². The minimum atomic E-state index is -0.690. The molecular formula is C13H14N2O4. The van der Waals surface area contributed by atoms with Gasteiger partial charge in [-0.3, -0.25) is 14.8 Å². The number of hydrogen-bond donors (Lipinski definition) is 2. The molecule has 0 aliphatic carbocycles. The summed E-state index contributed by atoms with van der Waals surface area (Å²) in [6.45, 7) is 3.63. The lowest BCUT2D eigenvalue weighted by Gasteiger charge is -2.03. The molecule has 0 unspecified atom stereocenters. The van der Waals surface area contributed by atoms with Crippen LogP contribution in [0.4, 0.5) is 0 Å². The normalized spacial score (nSPS) is 10.7. The Balaban J connectivity index is 2.48. The first kappa shape index (κ1) is 13.1. The van der Waals surface area contributed by atoms with E-state index in [2.05, 4.69) is 16.5 Å². The first-order valence-electron chi connectivity index (χ1n) is 6.02. The topological polar surface area (TPSA) is 95.9 Å². The molecule has 2 aromatic rings. The largest absolute Gasteiger partial charge is 0.405 e. The van der Waals surface area contributed by atoms with Crippen LogP contribution in [-0.2, 0) is 6.42 Å². The third-order valence-electron chi connectivity index (χ3n) is 2.83. The van der Waals surface area contributed by atoms with Crippen LogP contribution < -0.4 is 16.9 Å². The second-order valence-electron chi connectivity index (χ2n) is 4.24. The highest BCUT2D eigenvalue weighted by atomic mass is 16.4. The Labute approximate surface area is 107 Å². The minimum Gasteiger partial charge on any atom is -0.405 e. The molecule has 0 atom stereocenters. The first-order valence-corrected chi connectivity index (χ1v) is 6.02. The summed E-state index contributed by atoms with van der Waals surface area (Å²) in [5.41, 5.74) is -1.29. The van der Waals surface area contributed by atoms with Gasteiger partial charge in [0.15, 0.2) is 0 Å². The van der Waals surface area contributed by atoms with Crippen LogP contribution in [0.5, 0.6) is 0 Å². The summed E-state index contributed by atoms with van der Waals surface area (Å²) in [4.78, 5) is 38.8. The Bertz CT molecular complexity index is 761. The van der Waals surface area contributed by atoms with Gasteiger partial charge in [0.1, 0.15) is 5.39 Å². The molecule has 0 radical (unpaired) electrons. The van der Waals surface area contributed by atoms with Crippen molar-refractivity contribution in [1.29, 1.82) is 0 Å². The summed E-state index contributed by atoms with van der Waals surface area (Å²) in [6.07, 6.45) is 5.02. The molecule has 0 aliphatic heterocycles. The molecule has 0 amide bonds. The van der Waals surface area contributed by atoms with Crippen molar-refractivity contribution in [2.75, 3.05) is 0 Å². The number of aromatic nitrogens is 2. The predicted octanol–water partition coefficient (Wildman–Crippen LogP) is 1.07. The molecule has 0 spiro atoms. The third-order valence-corrected chi connectivity index (χ3v) is 2.83. The number of fused-ring (bicyclic) bond motifs is 1. The Morgan fingerprint density at radius 3 is 2.74 bits per heavy atom. The molecule has 100 valence electrons. The fourth-order valence-corrected chi connectivity index (χ4v) is 1.98. The van der Waals surface area contributed by atoms with Crippen LogP contribution in [0.1, 0.15) is 24.8 Å². The molecule has 0 saturated heterocycles. The Morgan fingerprint density at radius 1 is 1.21 bits per heavy atom. The number of hydrogen-bond acceptors (Lipinski definition) is 4. The van der Waals surface area contributed by atoms with Crippen molar-refractivity contribution in [3.63, 3.8) is 0 Å². The van der Waals surface area contributed by atoms with E-state index < -0.39 is 16.9 Å². The van der Waals surface area contributed by atoms with Crippen molar-refractivity contribution >= 4 is 11.1 Å². The SMILES string of the molecule is C=CCCCCc1cc(=O)oc2[nH]c(=O)[nH]c(=O)c12. The zero-order valence-corrected chi connectivity index (χ0v) is 10.3. The van der Waals surface area contributed by atoms with Gasteiger partial charge in [0, 0.05) is 6.07 Å². The number of unbranched alkanes of at least 4 members (excludes halogenated alkanes) is 2. The van der Waals surface area contributed by atoms with Crippen LogP contribution in [0.15, 0.2) is 37.5 Å². The second kappa shape index (κ2) is 5.51. The molecule has 2 heterocycles. The lowest BCUT2D eigenvalue weighted by molar-refractivity contribution is 0.543. The molecule has 2 aromatic heterocycles. The summed E-state index contributed by atoms with van der Waals surface area (Å²) in [5, 5.41) is 0.234. The molecule has 2 rings (SSSR count). The first-order chi connectivity index (χ1) is 9.11. The van der Waals surface area contributed by atoms with Crippen molar-refractivity contribution in [1.82, 2.24) is 9.97 Å². The van der Waals surface area contributed by atoms with Gasteiger partial charge in [-0.1, -0.05) is 6.08 Å². The van der Waals surface area contributed by atoms with Crippen molar-refractivity contribution in [3.05, 3.63) is 55.5 Å². The van der Waals surface area contributed by atoms with E-state index in [9.17, 15) is 14.4 Å². The summed E-state index contributed by atoms with van der Waals surface area (Å²) in [7, 11) is 0. The quantitative estimate of drug-likeness (QED) is 0.622. The summed E-state index contributed by atoms with van der Waals surface area (Å²) >= 11 is 0. The van der Waals surface area contributed by atoms with E-state index in [1.807, 2.05) is 6.08 Å². The van der Waals surface area contributed by atoms with Gasteiger partial charge >= 0.3 is 11.3 Å². The van der Waals surface area contributed by atoms with E-state index in [4.69, 9.17) is 4.42 Å². The molecule has 0 aliphatic rings. The number of aryl methyl sites for hydroxylation is 1. The van der Waals surface area contributed by atoms with Crippen LogP contribution in [0.2, 0.25) is 0 Å². The zero-order valence-electron chi connectivity index (χ0n) is 10.3. The van der Waals surface area contributed by atoms with Gasteiger partial charge in [-0.05, 0) is 31.2 Å². The molecule has 0 bridgehead atoms. The Hall–Kier alpha value is -2.37. The number of rotatable bonds is 5. The maximum absolute atomic E-state index is 11.8. The molecule has 6 nitrogen and oxygen atoms in total. The van der Waals surface area contributed by atoms with Gasteiger partial charge in [0.25, 0.3) is 5.56 Å². The van der Waals surface area contributed by atoms with Gasteiger partial charge in [0.2, 0.25) is 5.71 Å². The van der Waals surface area contributed by atoms with Crippen LogP contribution in [0, 0.1) is 0 Å². The zero-order chi connectivity index (χ0) is 13.8. The predicted molar refractivity (Wildman–Crippen MR) is 71.5 cm³/mol. The summed E-state index contributed by atoms with van der Waals surface area (Å²) in [5.74, 6) is 0. The maximum atomic E-state index is 11.8. The third kappa shape index (κ3) is 2.90. The number of H-pyrrole nitrogens is 2. The van der Waals surface area contributed by atoms with Crippen LogP contribution >= 0.6 is 0 Å². The molecular weight excluding hydrogens is 248 g/mol. The van der Waals surface area contributed by atoms with Crippen molar-refractivity contribution in [3.8, 4) is 0 Å². The average molecular weight is 262 g/mol. The van der Waals surface area contributed by atoms with Crippen LogP contribution in [0.3, 0.4) is 0 Å². The molecule has 2 N–H and O–H groups in total. The minimum absolute atomic E-state index is 0.0695. The summed E-state index contributed by atoms with van der Waals surface area (Å²) < 4.78 is 4.84. The van der Waals surface area contributed by atoms with E-state index in [-0.39, 0.29) is 11.1 Å². The number of aromatic amines is 2. The molecule has 6 heteroatoms. The second-order valence-corrected chi connectivity index (χ2v) is 4.24. The lowest BCUT2D eigenvalue weighted by Crippen LogP contribution is -2.24. The van der Waals surface area contributed by atoms with E-state index in [0.717, 1.165) is 19.3 Å². The maximum Gasteiger partial charge on any atom is 0.337 e. The highest BCUT2D eigenvalue weighted by Gasteiger charge is 2.10. The van der Waals surface area contributed by atoms with Gasteiger partial charge in [-0.15, -0.1) is 6.58 Å². The molecule has 0 aromatic carbocycles. The van der Waals surface area contributed by atoms with Crippen molar-refractivity contribution in [2.24, 2.45) is 0 Å². The van der Waals surface area contributed by atoms with Gasteiger partial charge < -0.3 is 4.42 Å². The van der Waals surface area contributed by atoms with Gasteiger partial charge in [0.05, 0.1) is 0 Å². The number of allylic oxidation sites excluding steroid dienone is 1. The monoisotopic (exact) mass is 262 g/mol. The van der Waals surface area contributed by atoms with E-state index >= 15 is 0 Å². The van der Waals surface area contributed by atoms with E-state index in [0.29, 0.717) is 12.0 Å². The number of nitrogens with one attached hydrogen (secondary N) is 2. The Kier molecular flexibility index (Phi) is 3.79. The highest BCUT2D eigenvalue weighted by Crippen LogP contribution is 2.12. The molecule has 19 heavy (non-hydrogen) atoms. The lowest BCUT2D eigenvalue weighted by atomic mass is 10.1. The standard InChI is InChI=1S/C13H14N2O4/c1-2-3-4-5-6-8-7-9(16)19-12-10(8)11(17)14-13(18)15-12/h2,7H,1,3-6H2,(H2,14,15,17,18). The van der Waals surface area contributed by atoms with Crippen molar-refractivity contribution < 1.29 is 4.42 Å².